The number of aryl methyl sites for hydroxylation is 1. The van der Waals surface area contributed by atoms with Crippen molar-refractivity contribution in [3.8, 4) is 0 Å². The van der Waals surface area contributed by atoms with Gasteiger partial charge in [0.1, 0.15) is 0 Å². The van der Waals surface area contributed by atoms with E-state index in [2.05, 4.69) is 15.5 Å². The lowest BCUT2D eigenvalue weighted by Gasteiger charge is -1.95. The van der Waals surface area contributed by atoms with Gasteiger partial charge < -0.3 is 10.1 Å². The van der Waals surface area contributed by atoms with Gasteiger partial charge in [0.05, 0.1) is 11.4 Å². The van der Waals surface area contributed by atoms with Gasteiger partial charge in [-0.15, -0.1) is 11.3 Å². The lowest BCUT2D eigenvalue weighted by Crippen LogP contribution is -2.29. The molecule has 2 aromatic rings. The van der Waals surface area contributed by atoms with Crippen LogP contribution in [0.25, 0.3) is 0 Å². The van der Waals surface area contributed by atoms with E-state index in [4.69, 9.17) is 5.84 Å². The summed E-state index contributed by atoms with van der Waals surface area (Å²) >= 11 is 1.29. The third-order valence-corrected chi connectivity index (χ3v) is 3.49. The van der Waals surface area contributed by atoms with Gasteiger partial charge in [0.2, 0.25) is 6.33 Å². The molecule has 19 heavy (non-hydrogen) atoms. The van der Waals surface area contributed by atoms with Crippen LogP contribution in [0.4, 0.5) is 5.95 Å². The van der Waals surface area contributed by atoms with E-state index in [1.807, 2.05) is 6.92 Å². The molecule has 0 radical (unpaired) electrons. The highest BCUT2D eigenvalue weighted by atomic mass is 32.1. The topological polar surface area (TPSA) is 129 Å². The van der Waals surface area contributed by atoms with E-state index in [0.717, 1.165) is 10.4 Å². The molecule has 100 valence electrons. The second-order valence-electron chi connectivity index (χ2n) is 3.66. The number of nitrogens with two attached hydrogens (primary N) is 1. The van der Waals surface area contributed by atoms with E-state index in [0.29, 0.717) is 11.4 Å². The van der Waals surface area contributed by atoms with Crippen molar-refractivity contribution in [1.29, 1.82) is 0 Å². The lowest BCUT2D eigenvalue weighted by molar-refractivity contribution is -0.394. The first-order valence-corrected chi connectivity index (χ1v) is 5.97. The third kappa shape index (κ3) is 2.74. The molecule has 9 nitrogen and oxygen atoms in total. The van der Waals surface area contributed by atoms with Gasteiger partial charge in [-0.3, -0.25) is 10.2 Å². The molecular weight excluding hydrogens is 272 g/mol. The SMILES string of the molecule is Cc1sc(C(=O)NN)cc1Cn1cnc([N+](=O)[O-])n1. The molecule has 0 spiro atoms. The molecule has 0 aliphatic carbocycles. The minimum atomic E-state index is -0.662. The quantitative estimate of drug-likeness (QED) is 0.357. The molecule has 0 aliphatic heterocycles. The van der Waals surface area contributed by atoms with Crippen molar-refractivity contribution in [2.75, 3.05) is 0 Å². The number of hydrogen-bond acceptors (Lipinski definition) is 7. The molecule has 0 unspecified atom stereocenters. The number of rotatable bonds is 4. The van der Waals surface area contributed by atoms with Gasteiger partial charge in [-0.05, 0) is 23.5 Å². The summed E-state index contributed by atoms with van der Waals surface area (Å²) in [7, 11) is 0. The molecule has 0 aliphatic rings. The molecule has 0 saturated carbocycles. The Morgan fingerprint density at radius 1 is 1.68 bits per heavy atom. The van der Waals surface area contributed by atoms with Gasteiger partial charge >= 0.3 is 5.95 Å². The Balaban J connectivity index is 2.20. The van der Waals surface area contributed by atoms with Crippen LogP contribution >= 0.6 is 11.3 Å². The number of amides is 1. The van der Waals surface area contributed by atoms with E-state index < -0.39 is 10.9 Å². The third-order valence-electron chi connectivity index (χ3n) is 2.40. The standard InChI is InChI=1S/C9H10N6O3S/c1-5-6(2-7(19-5)8(16)12-10)3-14-4-11-9(13-14)15(17)18/h2,4H,3,10H2,1H3,(H,12,16). The van der Waals surface area contributed by atoms with Crippen LogP contribution in [-0.2, 0) is 6.54 Å². The zero-order chi connectivity index (χ0) is 14.0. The summed E-state index contributed by atoms with van der Waals surface area (Å²) in [6, 6.07) is 1.68. The molecule has 2 heterocycles. The molecule has 0 atom stereocenters. The van der Waals surface area contributed by atoms with Crippen molar-refractivity contribution >= 4 is 23.2 Å². The number of carbonyl (C=O) groups excluding carboxylic acids is 1. The van der Waals surface area contributed by atoms with Crippen molar-refractivity contribution in [2.24, 2.45) is 5.84 Å². The second-order valence-corrected chi connectivity index (χ2v) is 4.92. The summed E-state index contributed by atoms with van der Waals surface area (Å²) in [5, 5.41) is 14.2. The Labute approximate surface area is 111 Å². The maximum Gasteiger partial charge on any atom is 0.490 e. The number of hydrogen-bond donors (Lipinski definition) is 2. The molecule has 0 aromatic carbocycles. The second kappa shape index (κ2) is 5.12. The van der Waals surface area contributed by atoms with Gasteiger partial charge in [-0.25, -0.2) is 5.84 Å². The van der Waals surface area contributed by atoms with Crippen LogP contribution in [0.15, 0.2) is 12.4 Å². The number of nitrogens with one attached hydrogen (secondary N) is 1. The maximum absolute atomic E-state index is 11.4. The zero-order valence-corrected chi connectivity index (χ0v) is 10.7. The fraction of sp³-hybridized carbons (Fsp3) is 0.222. The summed E-state index contributed by atoms with van der Waals surface area (Å²) in [4.78, 5) is 26.1. The van der Waals surface area contributed by atoms with E-state index >= 15 is 0 Å². The first-order valence-electron chi connectivity index (χ1n) is 5.15. The molecule has 2 rings (SSSR count). The van der Waals surface area contributed by atoms with Crippen molar-refractivity contribution in [1.82, 2.24) is 20.2 Å². The Morgan fingerprint density at radius 3 is 3.00 bits per heavy atom. The molecule has 10 heteroatoms. The molecule has 0 bridgehead atoms. The van der Waals surface area contributed by atoms with E-state index in [1.165, 1.54) is 22.3 Å². The summed E-state index contributed by atoms with van der Waals surface area (Å²) in [6.07, 6.45) is 1.28. The van der Waals surface area contributed by atoms with Crippen LogP contribution in [0.1, 0.15) is 20.1 Å². The van der Waals surface area contributed by atoms with E-state index in [-0.39, 0.29) is 5.91 Å². The van der Waals surface area contributed by atoms with Gasteiger partial charge in [0.25, 0.3) is 5.91 Å². The monoisotopic (exact) mass is 282 g/mol. The minimum Gasteiger partial charge on any atom is -0.390 e. The summed E-state index contributed by atoms with van der Waals surface area (Å²) in [5.41, 5.74) is 2.89. The number of hydrazine groups is 1. The van der Waals surface area contributed by atoms with Crippen molar-refractivity contribution in [3.63, 3.8) is 0 Å². The molecular formula is C9H10N6O3S. The molecule has 1 amide bonds. The lowest BCUT2D eigenvalue weighted by atomic mass is 10.2. The number of nitrogen functional groups attached to an aromatic ring is 1. The van der Waals surface area contributed by atoms with Gasteiger partial charge in [-0.1, -0.05) is 4.98 Å². The zero-order valence-electron chi connectivity index (χ0n) is 9.86. The molecule has 0 saturated heterocycles. The normalized spacial score (nSPS) is 10.4. The predicted octanol–water partition coefficient (Wildman–Crippen LogP) is 0.208. The maximum atomic E-state index is 11.4. The van der Waals surface area contributed by atoms with E-state index in [1.54, 1.807) is 6.07 Å². The van der Waals surface area contributed by atoms with Crippen LogP contribution in [-0.4, -0.2) is 25.6 Å². The Morgan fingerprint density at radius 2 is 2.42 bits per heavy atom. The number of nitro groups is 1. The van der Waals surface area contributed by atoms with Gasteiger partial charge in [-0.2, -0.15) is 4.68 Å². The van der Waals surface area contributed by atoms with E-state index in [9.17, 15) is 14.9 Å². The number of nitrogens with zero attached hydrogens (tertiary/aromatic N) is 4. The Kier molecular flexibility index (Phi) is 3.53. The first-order chi connectivity index (χ1) is 9.01. The summed E-state index contributed by atoms with van der Waals surface area (Å²) in [5.74, 6) is 4.23. The fourth-order valence-corrected chi connectivity index (χ4v) is 2.42. The largest absolute Gasteiger partial charge is 0.490 e. The molecule has 2 aromatic heterocycles. The highest BCUT2D eigenvalue weighted by Gasteiger charge is 2.16. The average molecular weight is 282 g/mol. The van der Waals surface area contributed by atoms with Gasteiger partial charge in [0, 0.05) is 9.98 Å². The van der Waals surface area contributed by atoms with Crippen LogP contribution in [0.3, 0.4) is 0 Å². The smallest absolute Gasteiger partial charge is 0.390 e. The fourth-order valence-electron chi connectivity index (χ4n) is 1.48. The highest BCUT2D eigenvalue weighted by molar-refractivity contribution is 7.14. The Bertz CT molecular complexity index is 634. The number of carbonyl (C=O) groups is 1. The number of aromatic nitrogens is 3. The van der Waals surface area contributed by atoms with Crippen LogP contribution < -0.4 is 11.3 Å². The highest BCUT2D eigenvalue weighted by Crippen LogP contribution is 2.22. The van der Waals surface area contributed by atoms with Crippen molar-refractivity contribution in [2.45, 2.75) is 13.5 Å². The average Bonchev–Trinajstić information content (AvgIpc) is 2.97. The Hall–Kier alpha value is -2.33. The minimum absolute atomic E-state index is 0.307. The molecule has 3 N–H and O–H groups in total. The first kappa shape index (κ1) is 13.1. The molecule has 0 fully saturated rings. The number of thiophene rings is 1. The summed E-state index contributed by atoms with van der Waals surface area (Å²) < 4.78 is 1.34. The van der Waals surface area contributed by atoms with Crippen molar-refractivity contribution in [3.05, 3.63) is 37.8 Å². The van der Waals surface area contributed by atoms with Crippen LogP contribution in [0.5, 0.6) is 0 Å². The van der Waals surface area contributed by atoms with Crippen LogP contribution in [0.2, 0.25) is 0 Å². The van der Waals surface area contributed by atoms with Gasteiger partial charge in [0.15, 0.2) is 0 Å². The predicted molar refractivity (Wildman–Crippen MR) is 66.5 cm³/mol. The van der Waals surface area contributed by atoms with Crippen molar-refractivity contribution < 1.29 is 9.72 Å². The summed E-state index contributed by atoms with van der Waals surface area (Å²) in [6.45, 7) is 2.15. The van der Waals surface area contributed by atoms with Crippen LogP contribution in [0, 0.1) is 17.0 Å².